The van der Waals surface area contributed by atoms with Crippen molar-refractivity contribution in [3.05, 3.63) is 39.5 Å². The molecule has 2 rings (SSSR count). The molecule has 0 bridgehead atoms. The van der Waals surface area contributed by atoms with Crippen LogP contribution in [0.5, 0.6) is 11.6 Å². The molecule has 1 heterocycles. The van der Waals surface area contributed by atoms with Crippen molar-refractivity contribution in [3.8, 4) is 11.6 Å². The van der Waals surface area contributed by atoms with Gasteiger partial charge in [0.05, 0.1) is 5.69 Å². The Labute approximate surface area is 130 Å². The van der Waals surface area contributed by atoms with E-state index in [-0.39, 0.29) is 6.04 Å². The van der Waals surface area contributed by atoms with E-state index in [9.17, 15) is 0 Å². The van der Waals surface area contributed by atoms with Crippen LogP contribution in [0.3, 0.4) is 0 Å². The first-order valence-corrected chi connectivity index (χ1v) is 7.40. The van der Waals surface area contributed by atoms with E-state index in [0.29, 0.717) is 5.02 Å². The number of nitrogens with two attached hydrogens (primary N) is 1. The fraction of sp³-hybridized carbons (Fsp3) is 0.438. The summed E-state index contributed by atoms with van der Waals surface area (Å²) in [6.45, 7) is 7.94. The van der Waals surface area contributed by atoms with Gasteiger partial charge in [0.1, 0.15) is 5.75 Å². The predicted molar refractivity (Wildman–Crippen MR) is 86.3 cm³/mol. The van der Waals surface area contributed by atoms with E-state index in [1.54, 1.807) is 4.68 Å². The number of aryl methyl sites for hydroxylation is 4. The highest BCUT2D eigenvalue weighted by atomic mass is 35.5. The molecule has 0 aliphatic carbocycles. The summed E-state index contributed by atoms with van der Waals surface area (Å²) in [6.07, 6.45) is 0.737. The lowest BCUT2D eigenvalue weighted by Gasteiger charge is -2.14. The Morgan fingerprint density at radius 1 is 1.29 bits per heavy atom. The molecular formula is C16H22ClN3O. The minimum atomic E-state index is 0.0580. The number of benzene rings is 1. The second kappa shape index (κ2) is 6.08. The molecule has 2 aromatic rings. The van der Waals surface area contributed by atoms with Crippen molar-refractivity contribution in [2.75, 3.05) is 0 Å². The molecule has 0 spiro atoms. The molecule has 0 aliphatic rings. The molecule has 114 valence electrons. The van der Waals surface area contributed by atoms with Gasteiger partial charge in [-0.25, -0.2) is 4.68 Å². The Kier molecular flexibility index (Phi) is 4.59. The predicted octanol–water partition coefficient (Wildman–Crippen LogP) is 3.68. The van der Waals surface area contributed by atoms with Gasteiger partial charge in [-0.15, -0.1) is 0 Å². The van der Waals surface area contributed by atoms with Gasteiger partial charge in [-0.1, -0.05) is 11.6 Å². The van der Waals surface area contributed by atoms with Crippen molar-refractivity contribution < 1.29 is 4.74 Å². The van der Waals surface area contributed by atoms with Gasteiger partial charge in [0.25, 0.3) is 0 Å². The summed E-state index contributed by atoms with van der Waals surface area (Å²) in [6, 6.07) is 3.86. The molecule has 2 N–H and O–H groups in total. The summed E-state index contributed by atoms with van der Waals surface area (Å²) in [7, 11) is 1.88. The third-order valence-corrected chi connectivity index (χ3v) is 3.66. The number of hydrogen-bond donors (Lipinski definition) is 1. The molecule has 5 heteroatoms. The Morgan fingerprint density at radius 2 is 1.86 bits per heavy atom. The number of halogens is 1. The van der Waals surface area contributed by atoms with Crippen LogP contribution >= 0.6 is 11.6 Å². The van der Waals surface area contributed by atoms with Gasteiger partial charge < -0.3 is 10.5 Å². The van der Waals surface area contributed by atoms with Gasteiger partial charge >= 0.3 is 0 Å². The van der Waals surface area contributed by atoms with Crippen LogP contribution in [-0.2, 0) is 13.5 Å². The summed E-state index contributed by atoms with van der Waals surface area (Å²) in [5.41, 5.74) is 9.95. The monoisotopic (exact) mass is 307 g/mol. The maximum Gasteiger partial charge on any atom is 0.221 e. The molecule has 0 amide bonds. The summed E-state index contributed by atoms with van der Waals surface area (Å²) >= 11 is 6.07. The largest absolute Gasteiger partial charge is 0.438 e. The van der Waals surface area contributed by atoms with Crippen molar-refractivity contribution >= 4 is 11.6 Å². The topological polar surface area (TPSA) is 53.1 Å². The maximum absolute atomic E-state index is 6.16. The summed E-state index contributed by atoms with van der Waals surface area (Å²) in [4.78, 5) is 0. The highest BCUT2D eigenvalue weighted by molar-refractivity contribution is 6.30. The zero-order chi connectivity index (χ0) is 15.7. The van der Waals surface area contributed by atoms with E-state index in [2.05, 4.69) is 5.10 Å². The quantitative estimate of drug-likeness (QED) is 0.937. The summed E-state index contributed by atoms with van der Waals surface area (Å²) in [5.74, 6) is 1.58. The molecule has 0 saturated carbocycles. The van der Waals surface area contributed by atoms with Gasteiger partial charge in [0.2, 0.25) is 5.88 Å². The SMILES string of the molecule is Cc1cc(Cl)cc(C)c1Oc1c(CC(C)N)c(C)nn1C. The van der Waals surface area contributed by atoms with Crippen molar-refractivity contribution in [3.63, 3.8) is 0 Å². The second-order valence-electron chi connectivity index (χ2n) is 5.64. The summed E-state index contributed by atoms with van der Waals surface area (Å²) in [5, 5.41) is 5.16. The lowest BCUT2D eigenvalue weighted by Crippen LogP contribution is -2.18. The van der Waals surface area contributed by atoms with Gasteiger partial charge in [-0.3, -0.25) is 0 Å². The number of ether oxygens (including phenoxy) is 1. The van der Waals surface area contributed by atoms with Crippen LogP contribution in [0.2, 0.25) is 5.02 Å². The van der Waals surface area contributed by atoms with Gasteiger partial charge in [0.15, 0.2) is 0 Å². The average molecular weight is 308 g/mol. The van der Waals surface area contributed by atoms with Crippen molar-refractivity contribution in [1.82, 2.24) is 9.78 Å². The fourth-order valence-electron chi connectivity index (χ4n) is 2.52. The minimum Gasteiger partial charge on any atom is -0.438 e. The van der Waals surface area contributed by atoms with Gasteiger partial charge in [0, 0.05) is 23.7 Å². The van der Waals surface area contributed by atoms with E-state index in [1.807, 2.05) is 46.9 Å². The highest BCUT2D eigenvalue weighted by Crippen LogP contribution is 2.34. The molecule has 4 nitrogen and oxygen atoms in total. The van der Waals surface area contributed by atoms with Crippen LogP contribution in [0.15, 0.2) is 12.1 Å². The van der Waals surface area contributed by atoms with Crippen LogP contribution < -0.4 is 10.5 Å². The molecule has 1 aromatic carbocycles. The first-order chi connectivity index (χ1) is 9.79. The van der Waals surface area contributed by atoms with E-state index in [0.717, 1.165) is 40.4 Å². The Bertz CT molecular complexity index is 639. The standard InChI is InChI=1S/C16H22ClN3O/c1-9-6-13(17)7-10(2)15(9)21-16-14(8-11(3)18)12(4)19-20(16)5/h6-7,11H,8,18H2,1-5H3. The lowest BCUT2D eigenvalue weighted by atomic mass is 10.1. The van der Waals surface area contributed by atoms with Crippen LogP contribution in [0, 0.1) is 20.8 Å². The van der Waals surface area contributed by atoms with Gasteiger partial charge in [-0.2, -0.15) is 5.10 Å². The van der Waals surface area contributed by atoms with E-state index >= 15 is 0 Å². The fourth-order valence-corrected chi connectivity index (χ4v) is 2.85. The molecule has 0 radical (unpaired) electrons. The van der Waals surface area contributed by atoms with Crippen LogP contribution in [-0.4, -0.2) is 15.8 Å². The first-order valence-electron chi connectivity index (χ1n) is 7.02. The van der Waals surface area contributed by atoms with Crippen molar-refractivity contribution in [1.29, 1.82) is 0 Å². The molecule has 0 saturated heterocycles. The Morgan fingerprint density at radius 3 is 2.38 bits per heavy atom. The molecular weight excluding hydrogens is 286 g/mol. The first kappa shape index (κ1) is 15.9. The smallest absolute Gasteiger partial charge is 0.221 e. The van der Waals surface area contributed by atoms with E-state index in [4.69, 9.17) is 22.1 Å². The maximum atomic E-state index is 6.16. The van der Waals surface area contributed by atoms with Gasteiger partial charge in [-0.05, 0) is 57.4 Å². The highest BCUT2D eigenvalue weighted by Gasteiger charge is 2.18. The van der Waals surface area contributed by atoms with Crippen molar-refractivity contribution in [2.45, 2.75) is 40.2 Å². The minimum absolute atomic E-state index is 0.0580. The number of rotatable bonds is 4. The molecule has 0 aliphatic heterocycles. The second-order valence-corrected chi connectivity index (χ2v) is 6.08. The normalized spacial score (nSPS) is 12.5. The zero-order valence-corrected chi connectivity index (χ0v) is 14.0. The zero-order valence-electron chi connectivity index (χ0n) is 13.2. The van der Waals surface area contributed by atoms with Crippen LogP contribution in [0.4, 0.5) is 0 Å². The summed E-state index contributed by atoms with van der Waals surface area (Å²) < 4.78 is 7.93. The molecule has 1 unspecified atom stereocenters. The van der Waals surface area contributed by atoms with Crippen molar-refractivity contribution in [2.24, 2.45) is 12.8 Å². The third-order valence-electron chi connectivity index (χ3n) is 3.44. The molecule has 1 atom stereocenters. The lowest BCUT2D eigenvalue weighted by molar-refractivity contribution is 0.419. The Hall–Kier alpha value is -1.52. The molecule has 21 heavy (non-hydrogen) atoms. The van der Waals surface area contributed by atoms with E-state index in [1.165, 1.54) is 0 Å². The number of aromatic nitrogens is 2. The molecule has 0 fully saturated rings. The third kappa shape index (κ3) is 3.39. The number of hydrogen-bond acceptors (Lipinski definition) is 3. The molecule has 1 aromatic heterocycles. The Balaban J connectivity index is 2.45. The van der Waals surface area contributed by atoms with E-state index < -0.39 is 0 Å². The number of nitrogens with zero attached hydrogens (tertiary/aromatic N) is 2. The van der Waals surface area contributed by atoms with Crippen LogP contribution in [0.1, 0.15) is 29.3 Å². The van der Waals surface area contributed by atoms with Crippen LogP contribution in [0.25, 0.3) is 0 Å². The average Bonchev–Trinajstić information content (AvgIpc) is 2.59.